The normalized spacial score (nSPS) is 14.1. The molecule has 0 saturated heterocycles. The molecule has 96 valence electrons. The molecule has 0 aliphatic rings. The fourth-order valence-electron chi connectivity index (χ4n) is 1.50. The number of Topliss-reactive ketones (excluding diaryl/α,β-unsaturated/α-hetero) is 1. The number of ketones is 1. The summed E-state index contributed by atoms with van der Waals surface area (Å²) >= 11 is 0. The molecule has 0 aromatic heterocycles. The zero-order chi connectivity index (χ0) is 12.8. The van der Waals surface area contributed by atoms with Crippen LogP contribution in [0.3, 0.4) is 0 Å². The molecule has 1 N–H and O–H groups in total. The maximum Gasteiger partial charge on any atom is 0.150 e. The molecule has 4 nitrogen and oxygen atoms in total. The Morgan fingerprint density at radius 3 is 2.25 bits per heavy atom. The summed E-state index contributed by atoms with van der Waals surface area (Å²) in [4.78, 5) is 11.7. The summed E-state index contributed by atoms with van der Waals surface area (Å²) < 4.78 is 22.2. The monoisotopic (exact) mass is 249 g/mol. The van der Waals surface area contributed by atoms with Gasteiger partial charge in [-0.2, -0.15) is 0 Å². The molecule has 0 radical (unpaired) electrons. The highest BCUT2D eigenvalue weighted by Gasteiger charge is 2.20. The van der Waals surface area contributed by atoms with Gasteiger partial charge in [0.05, 0.1) is 11.8 Å². The maximum atomic E-state index is 11.7. The minimum atomic E-state index is -3.11. The Bertz CT molecular complexity index is 309. The number of likely N-dealkylation sites (N-methyl/N-ethyl adjacent to an activating group) is 1. The summed E-state index contributed by atoms with van der Waals surface area (Å²) in [5.41, 5.74) is 0. The van der Waals surface area contributed by atoms with E-state index in [0.29, 0.717) is 12.3 Å². The van der Waals surface area contributed by atoms with Gasteiger partial charge in [0.15, 0.2) is 5.78 Å². The van der Waals surface area contributed by atoms with Crippen LogP contribution in [0.5, 0.6) is 0 Å². The van der Waals surface area contributed by atoms with Gasteiger partial charge in [-0.25, -0.2) is 8.42 Å². The van der Waals surface area contributed by atoms with Crippen LogP contribution in [-0.2, 0) is 14.6 Å². The van der Waals surface area contributed by atoms with Gasteiger partial charge in [0.25, 0.3) is 0 Å². The standard InChI is InChI=1S/C11H23NO3S/c1-9(2)6-5-7-11(13)10(12-3)8-16(4,14)15/h9-10,12H,5-8H2,1-4H3. The number of hydrogen-bond donors (Lipinski definition) is 1. The van der Waals surface area contributed by atoms with Crippen molar-refractivity contribution >= 4 is 15.6 Å². The molecule has 0 aliphatic carbocycles. The van der Waals surface area contributed by atoms with Crippen LogP contribution in [0.15, 0.2) is 0 Å². The number of sulfone groups is 1. The second-order valence-electron chi connectivity index (χ2n) is 4.69. The lowest BCUT2D eigenvalue weighted by Gasteiger charge is -2.14. The Balaban J connectivity index is 4.12. The van der Waals surface area contributed by atoms with Gasteiger partial charge in [-0.1, -0.05) is 20.3 Å². The van der Waals surface area contributed by atoms with Gasteiger partial charge in [0, 0.05) is 12.7 Å². The number of carbonyl (C=O) groups is 1. The van der Waals surface area contributed by atoms with E-state index in [1.165, 1.54) is 0 Å². The van der Waals surface area contributed by atoms with Gasteiger partial charge in [0.1, 0.15) is 9.84 Å². The first-order valence-electron chi connectivity index (χ1n) is 5.64. The van der Waals surface area contributed by atoms with E-state index in [4.69, 9.17) is 0 Å². The van der Waals surface area contributed by atoms with E-state index in [1.54, 1.807) is 7.05 Å². The molecule has 0 aliphatic heterocycles. The van der Waals surface area contributed by atoms with E-state index >= 15 is 0 Å². The summed E-state index contributed by atoms with van der Waals surface area (Å²) in [5.74, 6) is 0.466. The fraction of sp³-hybridized carbons (Fsp3) is 0.909. The Labute approximate surface area is 98.7 Å². The highest BCUT2D eigenvalue weighted by Crippen LogP contribution is 2.08. The van der Waals surface area contributed by atoms with Gasteiger partial charge in [0.2, 0.25) is 0 Å². The van der Waals surface area contributed by atoms with E-state index in [0.717, 1.165) is 19.1 Å². The Morgan fingerprint density at radius 2 is 1.88 bits per heavy atom. The van der Waals surface area contributed by atoms with Crippen molar-refractivity contribution in [1.82, 2.24) is 5.32 Å². The number of carbonyl (C=O) groups excluding carboxylic acids is 1. The smallest absolute Gasteiger partial charge is 0.150 e. The average Bonchev–Trinajstić information content (AvgIpc) is 2.11. The largest absolute Gasteiger partial charge is 0.310 e. The molecule has 0 aromatic carbocycles. The fourth-order valence-corrected chi connectivity index (χ4v) is 2.46. The molecule has 0 spiro atoms. The number of nitrogens with one attached hydrogen (secondary N) is 1. The molecule has 0 amide bonds. The molecule has 5 heteroatoms. The van der Waals surface area contributed by atoms with Crippen LogP contribution in [0.2, 0.25) is 0 Å². The summed E-state index contributed by atoms with van der Waals surface area (Å²) in [6, 6.07) is -0.554. The highest BCUT2D eigenvalue weighted by atomic mass is 32.2. The Kier molecular flexibility index (Phi) is 6.83. The van der Waals surface area contributed by atoms with Crippen molar-refractivity contribution in [3.05, 3.63) is 0 Å². The minimum Gasteiger partial charge on any atom is -0.310 e. The molecular weight excluding hydrogens is 226 g/mol. The zero-order valence-electron chi connectivity index (χ0n) is 10.6. The van der Waals surface area contributed by atoms with Crippen LogP contribution in [0.1, 0.15) is 33.1 Å². The Hall–Kier alpha value is -0.420. The van der Waals surface area contributed by atoms with Gasteiger partial charge >= 0.3 is 0 Å². The lowest BCUT2D eigenvalue weighted by Crippen LogP contribution is -2.39. The topological polar surface area (TPSA) is 63.2 Å². The first kappa shape index (κ1) is 15.6. The van der Waals surface area contributed by atoms with Crippen molar-refractivity contribution in [3.63, 3.8) is 0 Å². The Morgan fingerprint density at radius 1 is 1.31 bits per heavy atom. The van der Waals surface area contributed by atoms with Crippen molar-refractivity contribution in [2.24, 2.45) is 5.92 Å². The van der Waals surface area contributed by atoms with E-state index < -0.39 is 15.9 Å². The zero-order valence-corrected chi connectivity index (χ0v) is 11.4. The molecule has 0 rings (SSSR count). The summed E-state index contributed by atoms with van der Waals surface area (Å²) in [6.45, 7) is 4.22. The predicted molar refractivity (Wildman–Crippen MR) is 66.3 cm³/mol. The molecule has 1 unspecified atom stereocenters. The number of hydrogen-bond acceptors (Lipinski definition) is 4. The molecule has 0 bridgehead atoms. The van der Waals surface area contributed by atoms with Gasteiger partial charge in [-0.15, -0.1) is 0 Å². The van der Waals surface area contributed by atoms with Crippen LogP contribution in [0, 0.1) is 5.92 Å². The third kappa shape index (κ3) is 7.82. The van der Waals surface area contributed by atoms with Crippen LogP contribution < -0.4 is 5.32 Å². The van der Waals surface area contributed by atoms with Crippen LogP contribution >= 0.6 is 0 Å². The van der Waals surface area contributed by atoms with Gasteiger partial charge in [-0.3, -0.25) is 4.79 Å². The SMILES string of the molecule is CNC(CS(C)(=O)=O)C(=O)CCCC(C)C. The summed E-state index contributed by atoms with van der Waals surface area (Å²) in [5, 5.41) is 2.77. The third-order valence-corrected chi connectivity index (χ3v) is 3.35. The van der Waals surface area contributed by atoms with E-state index in [2.05, 4.69) is 19.2 Å². The molecule has 0 aromatic rings. The van der Waals surface area contributed by atoms with E-state index in [1.807, 2.05) is 0 Å². The molecule has 0 fully saturated rings. The van der Waals surface area contributed by atoms with Crippen molar-refractivity contribution in [2.75, 3.05) is 19.1 Å². The predicted octanol–water partition coefficient (Wildman–Crippen LogP) is 1.01. The van der Waals surface area contributed by atoms with Crippen molar-refractivity contribution < 1.29 is 13.2 Å². The molecule has 0 saturated carbocycles. The van der Waals surface area contributed by atoms with Crippen LogP contribution in [-0.4, -0.2) is 39.3 Å². The van der Waals surface area contributed by atoms with E-state index in [-0.39, 0.29) is 11.5 Å². The molecule has 1 atom stereocenters. The average molecular weight is 249 g/mol. The van der Waals surface area contributed by atoms with Gasteiger partial charge < -0.3 is 5.32 Å². The summed E-state index contributed by atoms with van der Waals surface area (Å²) in [6.07, 6.45) is 3.44. The van der Waals surface area contributed by atoms with Crippen LogP contribution in [0.25, 0.3) is 0 Å². The second-order valence-corrected chi connectivity index (χ2v) is 6.87. The molecule has 0 heterocycles. The maximum absolute atomic E-state index is 11.7. The highest BCUT2D eigenvalue weighted by molar-refractivity contribution is 7.90. The van der Waals surface area contributed by atoms with Crippen molar-refractivity contribution in [1.29, 1.82) is 0 Å². The third-order valence-electron chi connectivity index (χ3n) is 2.41. The first-order valence-corrected chi connectivity index (χ1v) is 7.70. The first-order chi connectivity index (χ1) is 7.26. The van der Waals surface area contributed by atoms with Gasteiger partial charge in [-0.05, 0) is 19.4 Å². The summed E-state index contributed by atoms with van der Waals surface area (Å²) in [7, 11) is -1.48. The van der Waals surface area contributed by atoms with E-state index in [9.17, 15) is 13.2 Å². The van der Waals surface area contributed by atoms with Crippen LogP contribution in [0.4, 0.5) is 0 Å². The molecular formula is C11H23NO3S. The lowest BCUT2D eigenvalue weighted by molar-refractivity contribution is -0.120. The number of rotatable bonds is 8. The molecule has 16 heavy (non-hydrogen) atoms. The lowest BCUT2D eigenvalue weighted by atomic mass is 10.0. The second kappa shape index (κ2) is 7.01. The quantitative estimate of drug-likeness (QED) is 0.697. The van der Waals surface area contributed by atoms with Crippen molar-refractivity contribution in [3.8, 4) is 0 Å². The van der Waals surface area contributed by atoms with Crippen molar-refractivity contribution in [2.45, 2.75) is 39.2 Å². The minimum absolute atomic E-state index is 0.00595.